The lowest BCUT2D eigenvalue weighted by Crippen LogP contribution is -2.09. The van der Waals surface area contributed by atoms with Crippen molar-refractivity contribution in [3.63, 3.8) is 0 Å². The van der Waals surface area contributed by atoms with Gasteiger partial charge in [-0.1, -0.05) is 0 Å². The van der Waals surface area contributed by atoms with Gasteiger partial charge in [-0.05, 0) is 24.3 Å². The van der Waals surface area contributed by atoms with Crippen molar-refractivity contribution >= 4 is 16.6 Å². The maximum absolute atomic E-state index is 8.96. The molecule has 0 spiro atoms. The van der Waals surface area contributed by atoms with Crippen LogP contribution in [0.5, 0.6) is 0 Å². The molecule has 0 aliphatic carbocycles. The smallest absolute Gasteiger partial charge is 0.101 e. The van der Waals surface area contributed by atoms with Gasteiger partial charge in [0.05, 0.1) is 11.1 Å². The fraction of sp³-hybridized carbons (Fsp3) is 0.167. The van der Waals surface area contributed by atoms with Crippen molar-refractivity contribution < 1.29 is 0 Å². The normalized spacial score (nSPS) is 9.93. The first kappa shape index (κ1) is 9.47. The molecule has 2 rings (SSSR count). The van der Waals surface area contributed by atoms with Gasteiger partial charge >= 0.3 is 0 Å². The lowest BCUT2D eigenvalue weighted by molar-refractivity contribution is 1.14. The van der Waals surface area contributed by atoms with Crippen molar-refractivity contribution in [3.8, 4) is 6.07 Å². The molecule has 1 heterocycles. The highest BCUT2D eigenvalue weighted by atomic mass is 15.1. The molecule has 0 saturated carbocycles. The summed E-state index contributed by atoms with van der Waals surface area (Å²) in [7, 11) is 3.96. The standard InChI is InChI=1S/C12H11N3/c1-15(2)11-6-5-9(8-13)12-10(11)4-3-7-14-12/h3-7H,1-2H3. The summed E-state index contributed by atoms with van der Waals surface area (Å²) >= 11 is 0. The van der Waals surface area contributed by atoms with E-state index in [4.69, 9.17) is 5.26 Å². The van der Waals surface area contributed by atoms with E-state index >= 15 is 0 Å². The first-order valence-corrected chi connectivity index (χ1v) is 4.69. The summed E-state index contributed by atoms with van der Waals surface area (Å²) in [5.41, 5.74) is 2.47. The van der Waals surface area contributed by atoms with Gasteiger partial charge in [0.1, 0.15) is 6.07 Å². The van der Waals surface area contributed by atoms with Crippen LogP contribution in [0.2, 0.25) is 0 Å². The van der Waals surface area contributed by atoms with E-state index in [0.29, 0.717) is 5.56 Å². The van der Waals surface area contributed by atoms with E-state index in [9.17, 15) is 0 Å². The number of rotatable bonds is 1. The molecule has 0 aliphatic rings. The average molecular weight is 197 g/mol. The summed E-state index contributed by atoms with van der Waals surface area (Å²) in [5.74, 6) is 0. The third-order valence-electron chi connectivity index (χ3n) is 2.35. The van der Waals surface area contributed by atoms with Crippen molar-refractivity contribution in [2.45, 2.75) is 0 Å². The molecule has 0 radical (unpaired) electrons. The zero-order valence-electron chi connectivity index (χ0n) is 8.73. The van der Waals surface area contributed by atoms with Gasteiger partial charge in [0.2, 0.25) is 0 Å². The van der Waals surface area contributed by atoms with Crippen LogP contribution < -0.4 is 4.90 Å². The average Bonchev–Trinajstić information content (AvgIpc) is 2.27. The summed E-state index contributed by atoms with van der Waals surface area (Å²) in [6.07, 6.45) is 1.71. The maximum Gasteiger partial charge on any atom is 0.101 e. The summed E-state index contributed by atoms with van der Waals surface area (Å²) in [6, 6.07) is 9.78. The van der Waals surface area contributed by atoms with E-state index in [1.807, 2.05) is 43.3 Å². The Balaban J connectivity index is 2.85. The number of fused-ring (bicyclic) bond motifs is 1. The second-order valence-corrected chi connectivity index (χ2v) is 3.54. The summed E-state index contributed by atoms with van der Waals surface area (Å²) in [5, 5.41) is 9.98. The molecule has 3 heteroatoms. The molecule has 1 aromatic heterocycles. The fourth-order valence-corrected chi connectivity index (χ4v) is 1.64. The van der Waals surface area contributed by atoms with Crippen LogP contribution in [-0.4, -0.2) is 19.1 Å². The van der Waals surface area contributed by atoms with E-state index in [2.05, 4.69) is 11.1 Å². The Morgan fingerprint density at radius 1 is 1.27 bits per heavy atom. The third-order valence-corrected chi connectivity index (χ3v) is 2.35. The summed E-state index contributed by atoms with van der Waals surface area (Å²) < 4.78 is 0. The highest BCUT2D eigenvalue weighted by Crippen LogP contribution is 2.26. The Bertz CT molecular complexity index is 538. The molecule has 1 aromatic carbocycles. The van der Waals surface area contributed by atoms with E-state index in [1.165, 1.54) is 0 Å². The minimum absolute atomic E-state index is 0.621. The molecule has 0 bridgehead atoms. The van der Waals surface area contributed by atoms with Crippen LogP contribution in [0.4, 0.5) is 5.69 Å². The second-order valence-electron chi connectivity index (χ2n) is 3.54. The highest BCUT2D eigenvalue weighted by Gasteiger charge is 2.07. The van der Waals surface area contributed by atoms with Crippen LogP contribution in [-0.2, 0) is 0 Å². The lowest BCUT2D eigenvalue weighted by Gasteiger charge is -2.15. The zero-order chi connectivity index (χ0) is 10.8. The van der Waals surface area contributed by atoms with Crippen LogP contribution >= 0.6 is 0 Å². The quantitative estimate of drug-likeness (QED) is 0.703. The number of benzene rings is 1. The van der Waals surface area contributed by atoms with E-state index in [-0.39, 0.29) is 0 Å². The Morgan fingerprint density at radius 3 is 2.73 bits per heavy atom. The van der Waals surface area contributed by atoms with Gasteiger partial charge in [-0.15, -0.1) is 0 Å². The van der Waals surface area contributed by atoms with Crippen LogP contribution in [0, 0.1) is 11.3 Å². The largest absolute Gasteiger partial charge is 0.377 e. The predicted molar refractivity (Wildman–Crippen MR) is 60.8 cm³/mol. The zero-order valence-corrected chi connectivity index (χ0v) is 8.73. The van der Waals surface area contributed by atoms with Crippen LogP contribution in [0.15, 0.2) is 30.5 Å². The summed E-state index contributed by atoms with van der Waals surface area (Å²) in [4.78, 5) is 6.26. The number of pyridine rings is 1. The molecule has 0 atom stereocenters. The molecule has 0 N–H and O–H groups in total. The number of hydrogen-bond donors (Lipinski definition) is 0. The molecule has 0 unspecified atom stereocenters. The summed E-state index contributed by atoms with van der Waals surface area (Å²) in [6.45, 7) is 0. The lowest BCUT2D eigenvalue weighted by atomic mass is 10.1. The Labute approximate surface area is 88.6 Å². The molecule has 74 valence electrons. The van der Waals surface area contributed by atoms with E-state index < -0.39 is 0 Å². The predicted octanol–water partition coefficient (Wildman–Crippen LogP) is 2.17. The molecule has 0 saturated heterocycles. The molecule has 0 aliphatic heterocycles. The minimum atomic E-state index is 0.621. The van der Waals surface area contributed by atoms with Crippen molar-refractivity contribution in [3.05, 3.63) is 36.0 Å². The fourth-order valence-electron chi connectivity index (χ4n) is 1.64. The Morgan fingerprint density at radius 2 is 2.07 bits per heavy atom. The molecule has 0 fully saturated rings. The molecular formula is C12H11N3. The Hall–Kier alpha value is -2.08. The molecule has 2 aromatic rings. The van der Waals surface area contributed by atoms with Crippen LogP contribution in [0.25, 0.3) is 10.9 Å². The van der Waals surface area contributed by atoms with Gasteiger partial charge in [-0.3, -0.25) is 4.98 Å². The number of anilines is 1. The van der Waals surface area contributed by atoms with Gasteiger partial charge in [-0.2, -0.15) is 5.26 Å². The van der Waals surface area contributed by atoms with Crippen molar-refractivity contribution in [1.29, 1.82) is 5.26 Å². The van der Waals surface area contributed by atoms with Gasteiger partial charge in [0.15, 0.2) is 0 Å². The number of nitriles is 1. The van der Waals surface area contributed by atoms with Gasteiger partial charge in [0.25, 0.3) is 0 Å². The number of nitrogens with zero attached hydrogens (tertiary/aromatic N) is 3. The topological polar surface area (TPSA) is 39.9 Å². The minimum Gasteiger partial charge on any atom is -0.377 e. The van der Waals surface area contributed by atoms with E-state index in [1.54, 1.807) is 6.20 Å². The maximum atomic E-state index is 8.96. The SMILES string of the molecule is CN(C)c1ccc(C#N)c2ncccc12. The Kier molecular flexibility index (Phi) is 2.26. The first-order valence-electron chi connectivity index (χ1n) is 4.69. The van der Waals surface area contributed by atoms with Crippen LogP contribution in [0.3, 0.4) is 0 Å². The van der Waals surface area contributed by atoms with Gasteiger partial charge < -0.3 is 4.90 Å². The number of hydrogen-bond acceptors (Lipinski definition) is 3. The molecule has 15 heavy (non-hydrogen) atoms. The van der Waals surface area contributed by atoms with Crippen molar-refractivity contribution in [1.82, 2.24) is 4.98 Å². The van der Waals surface area contributed by atoms with Gasteiger partial charge in [0, 0.05) is 31.4 Å². The van der Waals surface area contributed by atoms with Gasteiger partial charge in [-0.25, -0.2) is 0 Å². The molecular weight excluding hydrogens is 186 g/mol. The first-order chi connectivity index (χ1) is 7.24. The van der Waals surface area contributed by atoms with E-state index in [0.717, 1.165) is 16.6 Å². The molecule has 3 nitrogen and oxygen atoms in total. The number of aromatic nitrogens is 1. The van der Waals surface area contributed by atoms with Crippen LogP contribution in [0.1, 0.15) is 5.56 Å². The van der Waals surface area contributed by atoms with Crippen molar-refractivity contribution in [2.24, 2.45) is 0 Å². The van der Waals surface area contributed by atoms with Crippen molar-refractivity contribution in [2.75, 3.05) is 19.0 Å². The second kappa shape index (κ2) is 3.58. The third kappa shape index (κ3) is 1.50. The highest BCUT2D eigenvalue weighted by molar-refractivity contribution is 5.94. The molecule has 0 amide bonds. The monoisotopic (exact) mass is 197 g/mol.